The summed E-state index contributed by atoms with van der Waals surface area (Å²) in [5, 5.41) is 3.12. The number of hydrogen-bond donors (Lipinski definition) is 1. The van der Waals surface area contributed by atoms with E-state index in [4.69, 9.17) is 0 Å². The number of carbonyl (C=O) groups excluding carboxylic acids is 2. The number of piperidine rings is 1. The molecule has 3 unspecified atom stereocenters. The van der Waals surface area contributed by atoms with Crippen molar-refractivity contribution in [3.63, 3.8) is 0 Å². The molecular weight excluding hydrogens is 336 g/mol. The Kier molecular flexibility index (Phi) is 6.56. The van der Waals surface area contributed by atoms with Crippen LogP contribution in [0.5, 0.6) is 0 Å². The minimum absolute atomic E-state index is 0.0922. The van der Waals surface area contributed by atoms with Gasteiger partial charge in [-0.2, -0.15) is 0 Å². The smallest absolute Gasteiger partial charge is 0.226 e. The zero-order valence-corrected chi connectivity index (χ0v) is 17.0. The maximum atomic E-state index is 13.3. The summed E-state index contributed by atoms with van der Waals surface area (Å²) >= 11 is 0. The molecule has 0 aromatic heterocycles. The van der Waals surface area contributed by atoms with E-state index in [1.807, 2.05) is 11.8 Å². The van der Waals surface area contributed by atoms with Gasteiger partial charge in [0.2, 0.25) is 11.8 Å². The third-order valence-electron chi connectivity index (χ3n) is 6.37. The van der Waals surface area contributed by atoms with Crippen LogP contribution in [0.15, 0.2) is 24.3 Å². The van der Waals surface area contributed by atoms with Crippen molar-refractivity contribution in [1.82, 2.24) is 10.2 Å². The summed E-state index contributed by atoms with van der Waals surface area (Å²) < 4.78 is 0. The Balaban J connectivity index is 1.79. The molecule has 1 aromatic rings. The summed E-state index contributed by atoms with van der Waals surface area (Å²) in [5.41, 5.74) is 2.43. The van der Waals surface area contributed by atoms with Gasteiger partial charge in [-0.3, -0.25) is 9.59 Å². The van der Waals surface area contributed by atoms with Crippen molar-refractivity contribution < 1.29 is 9.59 Å². The maximum absolute atomic E-state index is 13.3. The zero-order chi connectivity index (χ0) is 19.4. The van der Waals surface area contributed by atoms with Crippen molar-refractivity contribution in [2.75, 3.05) is 6.54 Å². The van der Waals surface area contributed by atoms with Crippen LogP contribution in [0, 0.1) is 18.8 Å². The van der Waals surface area contributed by atoms with E-state index in [1.54, 1.807) is 0 Å². The van der Waals surface area contributed by atoms with Gasteiger partial charge in [-0.15, -0.1) is 0 Å². The second-order valence-corrected chi connectivity index (χ2v) is 8.49. The number of aryl methyl sites for hydroxylation is 1. The van der Waals surface area contributed by atoms with E-state index in [2.05, 4.69) is 43.4 Å². The molecule has 1 N–H and O–H groups in total. The van der Waals surface area contributed by atoms with Crippen LogP contribution < -0.4 is 5.32 Å². The Morgan fingerprint density at radius 2 is 1.89 bits per heavy atom. The number of nitrogens with zero attached hydrogens (tertiary/aromatic N) is 1. The molecule has 27 heavy (non-hydrogen) atoms. The Bertz CT molecular complexity index is 666. The molecule has 0 radical (unpaired) electrons. The fraction of sp³-hybridized carbons (Fsp3) is 0.652. The molecule has 1 aliphatic carbocycles. The lowest BCUT2D eigenvalue weighted by molar-refractivity contribution is -0.142. The first-order chi connectivity index (χ1) is 13.0. The van der Waals surface area contributed by atoms with Gasteiger partial charge in [-0.1, -0.05) is 49.6 Å². The summed E-state index contributed by atoms with van der Waals surface area (Å²) in [6.07, 6.45) is 6.93. The highest BCUT2D eigenvalue weighted by Crippen LogP contribution is 2.37. The lowest BCUT2D eigenvalue weighted by atomic mass is 9.86. The number of rotatable bonds is 5. The van der Waals surface area contributed by atoms with E-state index < -0.39 is 0 Å². The monoisotopic (exact) mass is 370 g/mol. The van der Waals surface area contributed by atoms with E-state index in [0.29, 0.717) is 6.54 Å². The minimum atomic E-state index is -0.0922. The summed E-state index contributed by atoms with van der Waals surface area (Å²) in [5.74, 6) is 0.426. The van der Waals surface area contributed by atoms with Crippen LogP contribution in [0.2, 0.25) is 0 Å². The van der Waals surface area contributed by atoms with Gasteiger partial charge in [-0.25, -0.2) is 0 Å². The summed E-state index contributed by atoms with van der Waals surface area (Å²) in [4.78, 5) is 28.1. The largest absolute Gasteiger partial charge is 0.353 e. The molecule has 1 saturated carbocycles. The molecule has 3 rings (SSSR count). The van der Waals surface area contributed by atoms with Gasteiger partial charge in [0, 0.05) is 18.5 Å². The molecular formula is C23H34N2O2. The van der Waals surface area contributed by atoms with Gasteiger partial charge in [0.1, 0.15) is 0 Å². The molecule has 2 fully saturated rings. The quantitative estimate of drug-likeness (QED) is 0.836. The second-order valence-electron chi connectivity index (χ2n) is 8.49. The normalized spacial score (nSPS) is 24.6. The molecule has 2 aliphatic rings. The standard InChI is InChI=1S/C23H34N2O2/c1-4-17(3)24-22(26)20-12-13-21(19-11-7-8-16(2)14-19)25(15-20)23(27)18-9-5-6-10-18/h7-8,11,14,17-18,20-21H,4-6,9-10,12-13,15H2,1-3H3,(H,24,26). The van der Waals surface area contributed by atoms with E-state index in [-0.39, 0.29) is 35.7 Å². The topological polar surface area (TPSA) is 49.4 Å². The third kappa shape index (κ3) is 4.72. The van der Waals surface area contributed by atoms with Crippen LogP contribution in [0.4, 0.5) is 0 Å². The number of benzene rings is 1. The highest BCUT2D eigenvalue weighted by Gasteiger charge is 2.38. The Morgan fingerprint density at radius 1 is 1.15 bits per heavy atom. The van der Waals surface area contributed by atoms with Gasteiger partial charge in [0.25, 0.3) is 0 Å². The first-order valence-electron chi connectivity index (χ1n) is 10.7. The lowest BCUT2D eigenvalue weighted by Crippen LogP contribution is -2.49. The molecule has 148 valence electrons. The highest BCUT2D eigenvalue weighted by molar-refractivity contribution is 5.83. The molecule has 1 saturated heterocycles. The fourth-order valence-corrected chi connectivity index (χ4v) is 4.52. The van der Waals surface area contributed by atoms with Crippen molar-refractivity contribution in [2.24, 2.45) is 11.8 Å². The van der Waals surface area contributed by atoms with E-state index in [9.17, 15) is 9.59 Å². The maximum Gasteiger partial charge on any atom is 0.226 e. The average Bonchev–Trinajstić information content (AvgIpc) is 3.21. The van der Waals surface area contributed by atoms with E-state index in [0.717, 1.165) is 44.9 Å². The first-order valence-corrected chi connectivity index (χ1v) is 10.7. The predicted octanol–water partition coefficient (Wildman–Crippen LogP) is 4.38. The molecule has 1 heterocycles. The molecule has 0 spiro atoms. The van der Waals surface area contributed by atoms with Crippen LogP contribution in [0.3, 0.4) is 0 Å². The van der Waals surface area contributed by atoms with Crippen molar-refractivity contribution in [3.05, 3.63) is 35.4 Å². The Morgan fingerprint density at radius 3 is 2.56 bits per heavy atom. The Hall–Kier alpha value is -1.84. The highest BCUT2D eigenvalue weighted by atomic mass is 16.2. The second kappa shape index (κ2) is 8.90. The summed E-state index contributed by atoms with van der Waals surface area (Å²) in [6.45, 7) is 6.77. The average molecular weight is 371 g/mol. The molecule has 1 aromatic carbocycles. The first kappa shape index (κ1) is 19.9. The van der Waals surface area contributed by atoms with Gasteiger partial charge >= 0.3 is 0 Å². The van der Waals surface area contributed by atoms with Crippen LogP contribution in [-0.4, -0.2) is 29.3 Å². The fourth-order valence-electron chi connectivity index (χ4n) is 4.52. The van der Waals surface area contributed by atoms with Gasteiger partial charge in [0.15, 0.2) is 0 Å². The predicted molar refractivity (Wildman–Crippen MR) is 108 cm³/mol. The molecule has 0 bridgehead atoms. The van der Waals surface area contributed by atoms with Crippen molar-refractivity contribution in [2.45, 2.75) is 77.8 Å². The molecule has 4 nitrogen and oxygen atoms in total. The number of nitrogens with one attached hydrogen (secondary N) is 1. The molecule has 2 amide bonds. The molecule has 1 aliphatic heterocycles. The van der Waals surface area contributed by atoms with Gasteiger partial charge in [0.05, 0.1) is 12.0 Å². The number of likely N-dealkylation sites (tertiary alicyclic amines) is 1. The van der Waals surface area contributed by atoms with Gasteiger partial charge < -0.3 is 10.2 Å². The van der Waals surface area contributed by atoms with E-state index in [1.165, 1.54) is 11.1 Å². The number of amides is 2. The molecule has 4 heteroatoms. The lowest BCUT2D eigenvalue weighted by Gasteiger charge is -2.41. The summed E-state index contributed by atoms with van der Waals surface area (Å²) in [7, 11) is 0. The Labute approximate surface area is 163 Å². The number of carbonyl (C=O) groups is 2. The number of hydrogen-bond acceptors (Lipinski definition) is 2. The van der Waals surface area contributed by atoms with Gasteiger partial charge in [-0.05, 0) is 51.5 Å². The zero-order valence-electron chi connectivity index (χ0n) is 17.0. The molecule has 3 atom stereocenters. The van der Waals surface area contributed by atoms with Crippen molar-refractivity contribution in [3.8, 4) is 0 Å². The summed E-state index contributed by atoms with van der Waals surface area (Å²) in [6, 6.07) is 8.78. The SMILES string of the molecule is CCC(C)NC(=O)C1CCC(c2cccc(C)c2)N(C(=O)C2CCCC2)C1. The van der Waals surface area contributed by atoms with Crippen molar-refractivity contribution >= 4 is 11.8 Å². The third-order valence-corrected chi connectivity index (χ3v) is 6.37. The van der Waals surface area contributed by atoms with Crippen LogP contribution in [0.25, 0.3) is 0 Å². The van der Waals surface area contributed by atoms with Crippen LogP contribution in [0.1, 0.15) is 76.0 Å². The minimum Gasteiger partial charge on any atom is -0.353 e. The van der Waals surface area contributed by atoms with Crippen LogP contribution in [-0.2, 0) is 9.59 Å². The van der Waals surface area contributed by atoms with Crippen LogP contribution >= 0.6 is 0 Å². The van der Waals surface area contributed by atoms with E-state index >= 15 is 0 Å². The van der Waals surface area contributed by atoms with Crippen molar-refractivity contribution in [1.29, 1.82) is 0 Å².